The maximum Gasteiger partial charge on any atom is 0.300 e. The number of rotatable bonds is 2. The molecule has 0 saturated carbocycles. The first-order chi connectivity index (χ1) is 9.52. The van der Waals surface area contributed by atoms with Gasteiger partial charge in [-0.25, -0.2) is 0 Å². The van der Waals surface area contributed by atoms with Crippen LogP contribution in [0.2, 0.25) is 5.02 Å². The lowest BCUT2D eigenvalue weighted by molar-refractivity contribution is -0.385. The Labute approximate surface area is 122 Å². The largest absolute Gasteiger partial charge is 0.336 e. The van der Waals surface area contributed by atoms with Crippen molar-refractivity contribution in [1.29, 1.82) is 0 Å². The topological polar surface area (TPSA) is 63.5 Å². The van der Waals surface area contributed by atoms with Gasteiger partial charge in [-0.3, -0.25) is 14.9 Å². The minimum Gasteiger partial charge on any atom is -0.336 e. The SMILES string of the molecule is CC1CCCCCN1C(=O)c1cccc(Cl)c1[N+](=O)[O-]. The van der Waals surface area contributed by atoms with Crippen molar-refractivity contribution in [3.63, 3.8) is 0 Å². The van der Waals surface area contributed by atoms with Crippen molar-refractivity contribution >= 4 is 23.2 Å². The van der Waals surface area contributed by atoms with E-state index >= 15 is 0 Å². The molecule has 6 heteroatoms. The van der Waals surface area contributed by atoms with E-state index in [4.69, 9.17) is 11.6 Å². The number of halogens is 1. The molecule has 108 valence electrons. The zero-order valence-corrected chi connectivity index (χ0v) is 12.1. The van der Waals surface area contributed by atoms with Crippen LogP contribution in [0.4, 0.5) is 5.69 Å². The van der Waals surface area contributed by atoms with E-state index in [1.807, 2.05) is 6.92 Å². The predicted octanol–water partition coefficient (Wildman–Crippen LogP) is 3.65. The molecule has 1 atom stereocenters. The Morgan fingerprint density at radius 1 is 1.40 bits per heavy atom. The van der Waals surface area contributed by atoms with Crippen LogP contribution >= 0.6 is 11.6 Å². The molecule has 1 aromatic rings. The van der Waals surface area contributed by atoms with E-state index in [0.29, 0.717) is 6.54 Å². The standard InChI is InChI=1S/C14H17ClN2O3/c1-10-6-3-2-4-9-16(10)14(18)11-7-5-8-12(15)13(11)17(19)20/h5,7-8,10H,2-4,6,9H2,1H3. The minimum atomic E-state index is -0.585. The molecule has 0 radical (unpaired) electrons. The predicted molar refractivity (Wildman–Crippen MR) is 77.1 cm³/mol. The molecule has 1 unspecified atom stereocenters. The Bertz CT molecular complexity index is 533. The van der Waals surface area contributed by atoms with E-state index < -0.39 is 4.92 Å². The molecule has 0 bridgehead atoms. The van der Waals surface area contributed by atoms with Crippen LogP contribution in [0.3, 0.4) is 0 Å². The highest BCUT2D eigenvalue weighted by molar-refractivity contribution is 6.33. The highest BCUT2D eigenvalue weighted by Crippen LogP contribution is 2.30. The zero-order chi connectivity index (χ0) is 14.7. The van der Waals surface area contributed by atoms with Gasteiger partial charge < -0.3 is 4.90 Å². The number of carbonyl (C=O) groups is 1. The number of nitro groups is 1. The number of nitro benzene ring substituents is 1. The summed E-state index contributed by atoms with van der Waals surface area (Å²) in [6, 6.07) is 4.58. The Hall–Kier alpha value is -1.62. The molecule has 2 rings (SSSR count). The van der Waals surface area contributed by atoms with Gasteiger partial charge in [0.15, 0.2) is 0 Å². The molecule has 0 spiro atoms. The molecule has 1 fully saturated rings. The summed E-state index contributed by atoms with van der Waals surface area (Å²) in [5.74, 6) is -0.298. The van der Waals surface area contributed by atoms with Gasteiger partial charge >= 0.3 is 5.69 Å². The van der Waals surface area contributed by atoms with Crippen molar-refractivity contribution in [2.45, 2.75) is 38.6 Å². The summed E-state index contributed by atoms with van der Waals surface area (Å²) >= 11 is 5.86. The third-order valence-corrected chi connectivity index (χ3v) is 4.02. The number of hydrogen-bond donors (Lipinski definition) is 0. The summed E-state index contributed by atoms with van der Waals surface area (Å²) in [5, 5.41) is 11.1. The molecule has 0 aliphatic carbocycles. The number of nitrogens with zero attached hydrogens (tertiary/aromatic N) is 2. The molecule has 1 saturated heterocycles. The van der Waals surface area contributed by atoms with Crippen molar-refractivity contribution in [3.05, 3.63) is 38.9 Å². The Balaban J connectivity index is 2.37. The van der Waals surface area contributed by atoms with Gasteiger partial charge in [-0.1, -0.05) is 30.5 Å². The van der Waals surface area contributed by atoms with Crippen LogP contribution < -0.4 is 0 Å². The lowest BCUT2D eigenvalue weighted by atomic mass is 10.1. The molecular weight excluding hydrogens is 280 g/mol. The lowest BCUT2D eigenvalue weighted by Gasteiger charge is -2.27. The van der Waals surface area contributed by atoms with E-state index in [9.17, 15) is 14.9 Å². The van der Waals surface area contributed by atoms with E-state index in [-0.39, 0.29) is 28.2 Å². The number of amides is 1. The Morgan fingerprint density at radius 2 is 2.15 bits per heavy atom. The zero-order valence-electron chi connectivity index (χ0n) is 11.3. The summed E-state index contributed by atoms with van der Waals surface area (Å²) in [7, 11) is 0. The molecule has 5 nitrogen and oxygen atoms in total. The van der Waals surface area contributed by atoms with Gasteiger partial charge in [0.1, 0.15) is 10.6 Å². The summed E-state index contributed by atoms with van der Waals surface area (Å²) in [5.41, 5.74) is -0.216. The fourth-order valence-electron chi connectivity index (χ4n) is 2.60. The van der Waals surface area contributed by atoms with Crippen molar-refractivity contribution in [3.8, 4) is 0 Å². The van der Waals surface area contributed by atoms with Crippen LogP contribution in [0.1, 0.15) is 43.0 Å². The molecule has 1 amide bonds. The second-order valence-corrected chi connectivity index (χ2v) is 5.50. The van der Waals surface area contributed by atoms with Gasteiger partial charge in [0.25, 0.3) is 5.91 Å². The van der Waals surface area contributed by atoms with Crippen LogP contribution in [-0.4, -0.2) is 28.3 Å². The highest BCUT2D eigenvalue weighted by Gasteiger charge is 2.30. The molecular formula is C14H17ClN2O3. The average molecular weight is 297 g/mol. The van der Waals surface area contributed by atoms with Gasteiger partial charge in [-0.15, -0.1) is 0 Å². The fourth-order valence-corrected chi connectivity index (χ4v) is 2.85. The van der Waals surface area contributed by atoms with Gasteiger partial charge in [-0.05, 0) is 31.9 Å². The van der Waals surface area contributed by atoms with Crippen LogP contribution in [0.25, 0.3) is 0 Å². The van der Waals surface area contributed by atoms with Crippen molar-refractivity contribution in [2.24, 2.45) is 0 Å². The molecule has 1 heterocycles. The first-order valence-electron chi connectivity index (χ1n) is 6.76. The summed E-state index contributed by atoms with van der Waals surface area (Å²) < 4.78 is 0. The Morgan fingerprint density at radius 3 is 2.85 bits per heavy atom. The van der Waals surface area contributed by atoms with Gasteiger partial charge in [0.2, 0.25) is 0 Å². The number of benzene rings is 1. The average Bonchev–Trinajstić information content (AvgIpc) is 2.62. The minimum absolute atomic E-state index is 0.00308. The van der Waals surface area contributed by atoms with Crippen LogP contribution in [0.5, 0.6) is 0 Å². The highest BCUT2D eigenvalue weighted by atomic mass is 35.5. The van der Waals surface area contributed by atoms with E-state index in [1.165, 1.54) is 12.1 Å². The van der Waals surface area contributed by atoms with E-state index in [2.05, 4.69) is 0 Å². The second-order valence-electron chi connectivity index (χ2n) is 5.09. The van der Waals surface area contributed by atoms with Crippen molar-refractivity contribution < 1.29 is 9.72 Å². The molecule has 1 aliphatic heterocycles. The number of para-hydroxylation sites is 1. The van der Waals surface area contributed by atoms with Gasteiger partial charge in [-0.2, -0.15) is 0 Å². The summed E-state index contributed by atoms with van der Waals surface area (Å²) in [6.45, 7) is 2.63. The van der Waals surface area contributed by atoms with E-state index in [0.717, 1.165) is 25.7 Å². The number of carbonyl (C=O) groups excluding carboxylic acids is 1. The normalized spacial score (nSPS) is 19.5. The number of hydrogen-bond acceptors (Lipinski definition) is 3. The summed E-state index contributed by atoms with van der Waals surface area (Å²) in [4.78, 5) is 24.9. The Kier molecular flexibility index (Phi) is 4.60. The second kappa shape index (κ2) is 6.22. The molecule has 1 aromatic carbocycles. The van der Waals surface area contributed by atoms with Crippen molar-refractivity contribution in [1.82, 2.24) is 4.90 Å². The first-order valence-corrected chi connectivity index (χ1v) is 7.14. The van der Waals surface area contributed by atoms with Gasteiger partial charge in [0, 0.05) is 12.6 Å². The van der Waals surface area contributed by atoms with Crippen LogP contribution in [-0.2, 0) is 0 Å². The maximum absolute atomic E-state index is 12.6. The molecule has 1 aliphatic rings. The maximum atomic E-state index is 12.6. The summed E-state index contributed by atoms with van der Waals surface area (Å²) in [6.07, 6.45) is 4.04. The van der Waals surface area contributed by atoms with E-state index in [1.54, 1.807) is 11.0 Å². The lowest BCUT2D eigenvalue weighted by Crippen LogP contribution is -2.38. The first kappa shape index (κ1) is 14.8. The van der Waals surface area contributed by atoms with Crippen molar-refractivity contribution in [2.75, 3.05) is 6.54 Å². The third-order valence-electron chi connectivity index (χ3n) is 3.71. The third kappa shape index (κ3) is 2.93. The molecule has 20 heavy (non-hydrogen) atoms. The number of likely N-dealkylation sites (tertiary alicyclic amines) is 1. The van der Waals surface area contributed by atoms with Crippen LogP contribution in [0, 0.1) is 10.1 Å². The monoisotopic (exact) mass is 296 g/mol. The quantitative estimate of drug-likeness (QED) is 0.618. The smallest absolute Gasteiger partial charge is 0.300 e. The molecule has 0 aromatic heterocycles. The molecule has 0 N–H and O–H groups in total. The van der Waals surface area contributed by atoms with Gasteiger partial charge in [0.05, 0.1) is 4.92 Å². The van der Waals surface area contributed by atoms with Crippen LogP contribution in [0.15, 0.2) is 18.2 Å². The fraction of sp³-hybridized carbons (Fsp3) is 0.500.